The highest BCUT2D eigenvalue weighted by Gasteiger charge is 2.39. The van der Waals surface area contributed by atoms with Crippen molar-refractivity contribution >= 4 is 23.7 Å². The Hall–Kier alpha value is -3.89. The molecule has 1 heterocycles. The molecule has 1 aliphatic heterocycles. The topological polar surface area (TPSA) is 105 Å². The van der Waals surface area contributed by atoms with E-state index in [2.05, 4.69) is 0 Å². The summed E-state index contributed by atoms with van der Waals surface area (Å²) in [5, 5.41) is 11.1. The van der Waals surface area contributed by atoms with Crippen LogP contribution in [0.3, 0.4) is 0 Å². The molecule has 0 amide bonds. The molecule has 0 saturated carbocycles. The van der Waals surface area contributed by atoms with Gasteiger partial charge in [0.15, 0.2) is 0 Å². The van der Waals surface area contributed by atoms with Crippen molar-refractivity contribution in [2.45, 2.75) is 25.8 Å². The molecule has 11 heteroatoms. The smallest absolute Gasteiger partial charge is 0.416 e. The predicted octanol–water partition coefficient (Wildman–Crippen LogP) is 4.63. The highest BCUT2D eigenvalue weighted by Crippen LogP contribution is 2.34. The van der Waals surface area contributed by atoms with E-state index in [1.807, 2.05) is 0 Å². The largest absolute Gasteiger partial charge is 0.457 e. The van der Waals surface area contributed by atoms with E-state index in [9.17, 15) is 32.9 Å². The molecule has 1 fully saturated rings. The van der Waals surface area contributed by atoms with E-state index >= 15 is 0 Å². The van der Waals surface area contributed by atoms with E-state index in [4.69, 9.17) is 14.2 Å². The van der Waals surface area contributed by atoms with Crippen LogP contribution in [0.4, 0.5) is 18.9 Å². The monoisotopic (exact) mass is 437 g/mol. The zero-order valence-electron chi connectivity index (χ0n) is 16.1. The Morgan fingerprint density at radius 1 is 1.03 bits per heavy atom. The second-order valence-electron chi connectivity index (χ2n) is 6.84. The van der Waals surface area contributed by atoms with Gasteiger partial charge in [-0.15, -0.1) is 0 Å². The molecule has 0 bridgehead atoms. The molecule has 2 aromatic rings. The predicted molar refractivity (Wildman–Crippen MR) is 98.9 cm³/mol. The summed E-state index contributed by atoms with van der Waals surface area (Å²) in [4.78, 5) is 34.8. The Bertz CT molecular complexity index is 1070. The minimum atomic E-state index is -4.53. The Kier molecular flexibility index (Phi) is 5.45. The Morgan fingerprint density at radius 2 is 1.61 bits per heavy atom. The summed E-state index contributed by atoms with van der Waals surface area (Å²) >= 11 is 0. The number of esters is 2. The van der Waals surface area contributed by atoms with Gasteiger partial charge < -0.3 is 14.2 Å². The maximum Gasteiger partial charge on any atom is 0.416 e. The van der Waals surface area contributed by atoms with Crippen molar-refractivity contribution in [3.8, 4) is 11.5 Å². The molecule has 1 aliphatic rings. The van der Waals surface area contributed by atoms with Crippen LogP contribution in [-0.4, -0.2) is 22.6 Å². The van der Waals surface area contributed by atoms with Gasteiger partial charge in [-0.05, 0) is 36.4 Å². The number of alkyl halides is 3. The fraction of sp³-hybridized carbons (Fsp3) is 0.200. The number of non-ortho nitro benzene ring substituents is 1. The molecule has 0 aromatic heterocycles. The van der Waals surface area contributed by atoms with E-state index in [-0.39, 0.29) is 22.7 Å². The van der Waals surface area contributed by atoms with Crippen LogP contribution in [-0.2, 0) is 25.2 Å². The first kappa shape index (κ1) is 21.8. The lowest BCUT2D eigenvalue weighted by Crippen LogP contribution is -2.41. The van der Waals surface area contributed by atoms with Gasteiger partial charge in [0.1, 0.15) is 17.1 Å². The molecule has 1 saturated heterocycles. The lowest BCUT2D eigenvalue weighted by Gasteiger charge is -2.29. The summed E-state index contributed by atoms with van der Waals surface area (Å²) < 4.78 is 53.6. The second kappa shape index (κ2) is 7.74. The molecule has 162 valence electrons. The van der Waals surface area contributed by atoms with Crippen LogP contribution >= 0.6 is 0 Å². The standard InChI is InChI=1S/C20H14F3NO7/c1-19(2)30-17(25)15(18(26)31-19)10-11-9-13(24(27)28)5-8-16(11)29-14-6-3-12(4-7-14)20(21,22)23/h3-10H,1-2H3. The van der Waals surface area contributed by atoms with Crippen molar-refractivity contribution in [2.24, 2.45) is 0 Å². The molecule has 0 N–H and O–H groups in total. The van der Waals surface area contributed by atoms with Gasteiger partial charge in [0, 0.05) is 31.5 Å². The number of nitrogens with zero attached hydrogens (tertiary/aromatic N) is 1. The van der Waals surface area contributed by atoms with Gasteiger partial charge >= 0.3 is 18.1 Å². The molecule has 0 aliphatic carbocycles. The van der Waals surface area contributed by atoms with Crippen molar-refractivity contribution in [1.82, 2.24) is 0 Å². The van der Waals surface area contributed by atoms with Crippen molar-refractivity contribution in [3.05, 3.63) is 69.3 Å². The number of ether oxygens (including phenoxy) is 3. The van der Waals surface area contributed by atoms with Crippen molar-refractivity contribution in [1.29, 1.82) is 0 Å². The normalized spacial score (nSPS) is 15.7. The number of cyclic esters (lactones) is 2. The first-order valence-electron chi connectivity index (χ1n) is 8.68. The molecule has 0 atom stereocenters. The Balaban J connectivity index is 2.00. The number of rotatable bonds is 4. The summed E-state index contributed by atoms with van der Waals surface area (Å²) in [6.07, 6.45) is -3.54. The van der Waals surface area contributed by atoms with E-state index in [1.54, 1.807) is 0 Å². The van der Waals surface area contributed by atoms with E-state index in [0.717, 1.165) is 42.5 Å². The third-order valence-corrected chi connectivity index (χ3v) is 4.03. The zero-order valence-corrected chi connectivity index (χ0v) is 16.1. The maximum atomic E-state index is 12.7. The van der Waals surface area contributed by atoms with Gasteiger partial charge in [0.05, 0.1) is 10.5 Å². The molecule has 31 heavy (non-hydrogen) atoms. The molecule has 3 rings (SSSR count). The summed E-state index contributed by atoms with van der Waals surface area (Å²) in [5.41, 5.74) is -1.85. The number of benzene rings is 2. The fourth-order valence-corrected chi connectivity index (χ4v) is 2.63. The minimum Gasteiger partial charge on any atom is -0.457 e. The van der Waals surface area contributed by atoms with Crippen LogP contribution in [0, 0.1) is 10.1 Å². The lowest BCUT2D eigenvalue weighted by molar-refractivity contribution is -0.384. The number of hydrogen-bond acceptors (Lipinski definition) is 7. The number of carbonyl (C=O) groups is 2. The number of hydrogen-bond donors (Lipinski definition) is 0. The summed E-state index contributed by atoms with van der Waals surface area (Å²) in [6, 6.07) is 7.05. The summed E-state index contributed by atoms with van der Waals surface area (Å²) in [5.74, 6) is -3.55. The highest BCUT2D eigenvalue weighted by molar-refractivity contribution is 6.19. The van der Waals surface area contributed by atoms with E-state index < -0.39 is 40.0 Å². The average molecular weight is 437 g/mol. The maximum absolute atomic E-state index is 12.7. The summed E-state index contributed by atoms with van der Waals surface area (Å²) in [6.45, 7) is 2.71. The third kappa shape index (κ3) is 5.00. The van der Waals surface area contributed by atoms with Crippen LogP contribution < -0.4 is 4.74 Å². The fourth-order valence-electron chi connectivity index (χ4n) is 2.63. The zero-order chi connectivity index (χ0) is 23.0. The molecular formula is C20H14F3NO7. The summed E-state index contributed by atoms with van der Waals surface area (Å²) in [7, 11) is 0. The van der Waals surface area contributed by atoms with Crippen LogP contribution in [0.25, 0.3) is 6.08 Å². The average Bonchev–Trinajstić information content (AvgIpc) is 2.64. The first-order chi connectivity index (χ1) is 14.4. The van der Waals surface area contributed by atoms with Gasteiger partial charge in [0.2, 0.25) is 0 Å². The van der Waals surface area contributed by atoms with Gasteiger partial charge in [0.25, 0.3) is 11.5 Å². The lowest BCUT2D eigenvalue weighted by atomic mass is 10.1. The molecular weight excluding hydrogens is 423 g/mol. The SMILES string of the molecule is CC1(C)OC(=O)C(=Cc2cc([N+](=O)[O-])ccc2Oc2ccc(C(F)(F)F)cc2)C(=O)O1. The van der Waals surface area contributed by atoms with E-state index in [1.165, 1.54) is 19.9 Å². The molecule has 2 aromatic carbocycles. The number of carbonyl (C=O) groups excluding carboxylic acids is 2. The van der Waals surface area contributed by atoms with Gasteiger partial charge in [-0.25, -0.2) is 9.59 Å². The highest BCUT2D eigenvalue weighted by atomic mass is 19.4. The van der Waals surface area contributed by atoms with Gasteiger partial charge in [-0.1, -0.05) is 0 Å². The molecule has 8 nitrogen and oxygen atoms in total. The molecule has 0 radical (unpaired) electrons. The molecule has 0 spiro atoms. The van der Waals surface area contributed by atoms with Gasteiger partial charge in [-0.3, -0.25) is 10.1 Å². The van der Waals surface area contributed by atoms with Crippen molar-refractivity contribution < 1.29 is 41.9 Å². The van der Waals surface area contributed by atoms with Crippen LogP contribution in [0.2, 0.25) is 0 Å². The molecule has 0 unspecified atom stereocenters. The Labute approximate surface area is 173 Å². The van der Waals surface area contributed by atoms with Crippen LogP contribution in [0.1, 0.15) is 25.0 Å². The quantitative estimate of drug-likeness (QED) is 0.226. The third-order valence-electron chi connectivity index (χ3n) is 4.03. The van der Waals surface area contributed by atoms with E-state index in [0.29, 0.717) is 0 Å². The second-order valence-corrected chi connectivity index (χ2v) is 6.84. The van der Waals surface area contributed by atoms with Crippen LogP contribution in [0.5, 0.6) is 11.5 Å². The Morgan fingerprint density at radius 3 is 2.13 bits per heavy atom. The number of nitro benzene ring substituents is 1. The van der Waals surface area contributed by atoms with Crippen LogP contribution in [0.15, 0.2) is 48.0 Å². The van der Waals surface area contributed by atoms with Crippen molar-refractivity contribution in [3.63, 3.8) is 0 Å². The van der Waals surface area contributed by atoms with Crippen molar-refractivity contribution in [2.75, 3.05) is 0 Å². The minimum absolute atomic E-state index is 0.00330. The first-order valence-corrected chi connectivity index (χ1v) is 8.68. The number of halogens is 3. The number of nitro groups is 1. The van der Waals surface area contributed by atoms with Gasteiger partial charge in [-0.2, -0.15) is 13.2 Å².